The lowest BCUT2D eigenvalue weighted by atomic mass is 10.2. The molecule has 8 heteroatoms. The van der Waals surface area contributed by atoms with Crippen LogP contribution in [0.15, 0.2) is 57.1 Å². The number of aromatic nitrogens is 2. The van der Waals surface area contributed by atoms with Gasteiger partial charge in [-0.2, -0.15) is 0 Å². The fraction of sp³-hybridized carbons (Fsp3) is 0.261. The number of thioether (sulfide) groups is 1. The molecule has 4 heterocycles. The minimum Gasteiger partial charge on any atom is -0.311 e. The molecule has 1 aliphatic rings. The van der Waals surface area contributed by atoms with Gasteiger partial charge in [0.2, 0.25) is 5.91 Å². The molecular formula is C23H21N3O2S3. The summed E-state index contributed by atoms with van der Waals surface area (Å²) >= 11 is 4.48. The van der Waals surface area contributed by atoms with Crippen molar-refractivity contribution in [1.29, 1.82) is 0 Å². The normalized spacial score (nSPS) is 14.2. The predicted octanol–water partition coefficient (Wildman–Crippen LogP) is 5.28. The number of carbonyl (C=O) groups excluding carboxylic acids is 1. The first-order valence-corrected chi connectivity index (χ1v) is 12.8. The summed E-state index contributed by atoms with van der Waals surface area (Å²) in [5.41, 5.74) is 3.11. The lowest BCUT2D eigenvalue weighted by Crippen LogP contribution is -2.35. The summed E-state index contributed by atoms with van der Waals surface area (Å²) in [5, 5.41) is 4.96. The smallest absolute Gasteiger partial charge is 0.263 e. The molecule has 0 fully saturated rings. The fourth-order valence-electron chi connectivity index (χ4n) is 3.98. The number of hydrogen-bond acceptors (Lipinski definition) is 6. The Labute approximate surface area is 192 Å². The van der Waals surface area contributed by atoms with E-state index in [9.17, 15) is 9.59 Å². The first kappa shape index (κ1) is 20.5. The van der Waals surface area contributed by atoms with Gasteiger partial charge in [-0.05, 0) is 43.3 Å². The SMILES string of the molecule is CCn1c(SC(C)C(=O)N2CCc3ccccc32)nc2scc(-c3cccs3)c2c1=O. The van der Waals surface area contributed by atoms with E-state index < -0.39 is 0 Å². The molecule has 5 rings (SSSR count). The maximum Gasteiger partial charge on any atom is 0.263 e. The maximum absolute atomic E-state index is 13.4. The van der Waals surface area contributed by atoms with Crippen LogP contribution in [0.2, 0.25) is 0 Å². The zero-order chi connectivity index (χ0) is 21.5. The number of fused-ring (bicyclic) bond motifs is 2. The Morgan fingerprint density at radius 2 is 2.06 bits per heavy atom. The Morgan fingerprint density at radius 3 is 2.84 bits per heavy atom. The highest BCUT2D eigenvalue weighted by Crippen LogP contribution is 2.36. The van der Waals surface area contributed by atoms with Crippen molar-refractivity contribution in [2.24, 2.45) is 0 Å². The van der Waals surface area contributed by atoms with Gasteiger partial charge in [0, 0.05) is 34.6 Å². The van der Waals surface area contributed by atoms with E-state index in [1.54, 1.807) is 15.9 Å². The van der Waals surface area contributed by atoms with E-state index >= 15 is 0 Å². The van der Waals surface area contributed by atoms with Crippen LogP contribution in [0, 0.1) is 0 Å². The third kappa shape index (κ3) is 3.52. The molecule has 0 aliphatic carbocycles. The first-order valence-electron chi connectivity index (χ1n) is 10.2. The molecule has 1 amide bonds. The summed E-state index contributed by atoms with van der Waals surface area (Å²) in [6.07, 6.45) is 0.879. The number of anilines is 1. The van der Waals surface area contributed by atoms with Gasteiger partial charge in [-0.3, -0.25) is 14.2 Å². The van der Waals surface area contributed by atoms with Gasteiger partial charge in [0.05, 0.1) is 10.6 Å². The van der Waals surface area contributed by atoms with Crippen LogP contribution in [0.1, 0.15) is 19.4 Å². The Kier molecular flexibility index (Phi) is 5.45. The number of hydrogen-bond donors (Lipinski definition) is 0. The average Bonchev–Trinajstić information content (AvgIpc) is 3.52. The molecule has 1 unspecified atom stereocenters. The molecule has 31 heavy (non-hydrogen) atoms. The molecular weight excluding hydrogens is 446 g/mol. The van der Waals surface area contributed by atoms with Gasteiger partial charge in [0.25, 0.3) is 5.56 Å². The number of carbonyl (C=O) groups is 1. The summed E-state index contributed by atoms with van der Waals surface area (Å²) in [6.45, 7) is 5.05. The van der Waals surface area contributed by atoms with E-state index in [-0.39, 0.29) is 16.7 Å². The Bertz CT molecular complexity index is 1320. The van der Waals surface area contributed by atoms with Crippen LogP contribution in [0.25, 0.3) is 20.7 Å². The maximum atomic E-state index is 13.4. The van der Waals surface area contributed by atoms with Gasteiger partial charge in [0.15, 0.2) is 5.16 Å². The van der Waals surface area contributed by atoms with E-state index in [2.05, 4.69) is 6.07 Å². The van der Waals surface area contributed by atoms with Crippen molar-refractivity contribution < 1.29 is 4.79 Å². The van der Waals surface area contributed by atoms with Crippen LogP contribution in [0.5, 0.6) is 0 Å². The van der Waals surface area contributed by atoms with Crippen molar-refractivity contribution in [1.82, 2.24) is 9.55 Å². The van der Waals surface area contributed by atoms with Crippen molar-refractivity contribution in [3.05, 3.63) is 63.1 Å². The lowest BCUT2D eigenvalue weighted by Gasteiger charge is -2.22. The van der Waals surface area contributed by atoms with Crippen LogP contribution in [0.4, 0.5) is 5.69 Å². The van der Waals surface area contributed by atoms with Crippen molar-refractivity contribution in [2.75, 3.05) is 11.4 Å². The zero-order valence-electron chi connectivity index (χ0n) is 17.2. The highest BCUT2D eigenvalue weighted by Gasteiger charge is 2.29. The summed E-state index contributed by atoms with van der Waals surface area (Å²) < 4.78 is 1.69. The number of rotatable bonds is 5. The topological polar surface area (TPSA) is 55.2 Å². The third-order valence-corrected chi connectivity index (χ3v) is 8.40. The first-order chi connectivity index (χ1) is 15.1. The van der Waals surface area contributed by atoms with Crippen molar-refractivity contribution in [2.45, 2.75) is 37.2 Å². The van der Waals surface area contributed by atoms with Crippen LogP contribution < -0.4 is 10.5 Å². The minimum atomic E-state index is -0.343. The highest BCUT2D eigenvalue weighted by molar-refractivity contribution is 8.00. The predicted molar refractivity (Wildman–Crippen MR) is 131 cm³/mol. The molecule has 4 aromatic rings. The summed E-state index contributed by atoms with van der Waals surface area (Å²) in [5.74, 6) is 0.0532. The molecule has 158 valence electrons. The van der Waals surface area contributed by atoms with Gasteiger partial charge >= 0.3 is 0 Å². The molecule has 0 saturated carbocycles. The Hall–Kier alpha value is -2.42. The van der Waals surface area contributed by atoms with Crippen molar-refractivity contribution in [3.63, 3.8) is 0 Å². The van der Waals surface area contributed by atoms with Crippen molar-refractivity contribution in [3.8, 4) is 10.4 Å². The molecule has 1 atom stereocenters. The molecule has 3 aromatic heterocycles. The largest absolute Gasteiger partial charge is 0.311 e. The molecule has 0 bridgehead atoms. The molecule has 0 radical (unpaired) electrons. The average molecular weight is 468 g/mol. The molecule has 1 aromatic carbocycles. The highest BCUT2D eigenvalue weighted by atomic mass is 32.2. The van der Waals surface area contributed by atoms with Crippen LogP contribution in [0.3, 0.4) is 0 Å². The van der Waals surface area contributed by atoms with Crippen molar-refractivity contribution >= 4 is 56.2 Å². The van der Waals surface area contributed by atoms with E-state index in [0.29, 0.717) is 23.6 Å². The van der Waals surface area contributed by atoms with Gasteiger partial charge in [-0.25, -0.2) is 4.98 Å². The summed E-state index contributed by atoms with van der Waals surface area (Å²) in [6, 6.07) is 12.1. The number of thiophene rings is 2. The second kappa shape index (κ2) is 8.26. The molecule has 5 nitrogen and oxygen atoms in total. The van der Waals surface area contributed by atoms with Crippen LogP contribution in [-0.4, -0.2) is 27.3 Å². The lowest BCUT2D eigenvalue weighted by molar-refractivity contribution is -0.117. The zero-order valence-corrected chi connectivity index (χ0v) is 19.6. The van der Waals surface area contributed by atoms with Gasteiger partial charge in [0.1, 0.15) is 4.83 Å². The summed E-state index contributed by atoms with van der Waals surface area (Å²) in [7, 11) is 0. The molecule has 0 saturated heterocycles. The Balaban J connectivity index is 1.48. The van der Waals surface area contributed by atoms with E-state index in [1.807, 2.05) is 59.8 Å². The van der Waals surface area contributed by atoms with Crippen LogP contribution in [-0.2, 0) is 17.8 Å². The number of nitrogens with zero attached hydrogens (tertiary/aromatic N) is 3. The minimum absolute atomic E-state index is 0.0363. The van der Waals surface area contributed by atoms with E-state index in [1.165, 1.54) is 28.7 Å². The second-order valence-electron chi connectivity index (χ2n) is 7.38. The number of amides is 1. The second-order valence-corrected chi connectivity index (χ2v) is 10.5. The fourth-order valence-corrected chi connectivity index (χ4v) is 6.82. The van der Waals surface area contributed by atoms with E-state index in [4.69, 9.17) is 4.98 Å². The molecule has 1 aliphatic heterocycles. The Morgan fingerprint density at radius 1 is 1.23 bits per heavy atom. The summed E-state index contributed by atoms with van der Waals surface area (Å²) in [4.78, 5) is 35.0. The molecule has 0 spiro atoms. The van der Waals surface area contributed by atoms with E-state index in [0.717, 1.165) is 27.4 Å². The molecule has 0 N–H and O–H groups in total. The van der Waals surface area contributed by atoms with Gasteiger partial charge < -0.3 is 4.90 Å². The number of para-hydroxylation sites is 1. The van der Waals surface area contributed by atoms with Gasteiger partial charge in [-0.1, -0.05) is 36.0 Å². The standard InChI is InChI=1S/C23H21N3O2S3/c1-3-25-22(28)19-16(18-9-6-12-29-18)13-30-20(19)24-23(25)31-14(2)21(27)26-11-10-15-7-4-5-8-17(15)26/h4-9,12-14H,3,10-11H2,1-2H3. The third-order valence-electron chi connectivity index (χ3n) is 5.54. The quantitative estimate of drug-likeness (QED) is 0.296. The van der Waals surface area contributed by atoms with Crippen LogP contribution >= 0.6 is 34.4 Å². The number of benzene rings is 1. The monoisotopic (exact) mass is 467 g/mol. The van der Waals surface area contributed by atoms with Gasteiger partial charge in [-0.15, -0.1) is 22.7 Å².